The summed E-state index contributed by atoms with van der Waals surface area (Å²) in [5, 5.41) is 6.14. The van der Waals surface area contributed by atoms with E-state index in [0.29, 0.717) is 0 Å². The summed E-state index contributed by atoms with van der Waals surface area (Å²) in [6, 6.07) is 14.9. The van der Waals surface area contributed by atoms with Crippen molar-refractivity contribution in [2.45, 2.75) is 13.0 Å². The minimum absolute atomic E-state index is 0.0508. The van der Waals surface area contributed by atoms with Crippen LogP contribution in [-0.2, 0) is 0 Å². The molecule has 3 rings (SSSR count). The first-order valence-electron chi connectivity index (χ1n) is 7.28. The maximum Gasteiger partial charge on any atom is 0.183 e. The lowest BCUT2D eigenvalue weighted by molar-refractivity contribution is 0.386. The highest BCUT2D eigenvalue weighted by Crippen LogP contribution is 2.28. The van der Waals surface area contributed by atoms with Crippen molar-refractivity contribution in [1.29, 1.82) is 0 Å². The molecule has 0 saturated heterocycles. The molecule has 3 nitrogen and oxygen atoms in total. The van der Waals surface area contributed by atoms with E-state index >= 15 is 0 Å². The lowest BCUT2D eigenvalue weighted by Gasteiger charge is -2.14. The van der Waals surface area contributed by atoms with Gasteiger partial charge in [0.15, 0.2) is 16.7 Å². The fraction of sp³-hybridized carbons (Fsp3) is 0.167. The summed E-state index contributed by atoms with van der Waals surface area (Å²) in [5.41, 5.74) is 2.87. The van der Waals surface area contributed by atoms with Gasteiger partial charge in [-0.2, -0.15) is 0 Å². The number of hydrogen-bond acceptors (Lipinski definition) is 4. The Morgan fingerprint density at radius 1 is 1.17 bits per heavy atom. The molecule has 0 aliphatic heterocycles. The van der Waals surface area contributed by atoms with Crippen molar-refractivity contribution in [2.75, 3.05) is 12.4 Å². The molecule has 1 heterocycles. The van der Waals surface area contributed by atoms with Crippen LogP contribution in [0.25, 0.3) is 11.3 Å². The van der Waals surface area contributed by atoms with Gasteiger partial charge in [-0.1, -0.05) is 36.4 Å². The first-order valence-corrected chi connectivity index (χ1v) is 8.16. The third kappa shape index (κ3) is 3.51. The van der Waals surface area contributed by atoms with E-state index in [1.54, 1.807) is 6.07 Å². The molecule has 0 radical (unpaired) electrons. The summed E-state index contributed by atoms with van der Waals surface area (Å²) in [5.74, 6) is -0.107. The van der Waals surface area contributed by atoms with Crippen LogP contribution in [0.2, 0.25) is 0 Å². The van der Waals surface area contributed by atoms with Crippen LogP contribution in [0.15, 0.2) is 53.9 Å². The molecule has 1 atom stereocenters. The number of nitrogens with zero attached hydrogens (tertiary/aromatic N) is 1. The summed E-state index contributed by atoms with van der Waals surface area (Å²) in [7, 11) is 1.46. The normalized spacial score (nSPS) is 12.0. The van der Waals surface area contributed by atoms with Crippen LogP contribution in [0.4, 0.5) is 9.52 Å². The minimum atomic E-state index is -0.359. The Labute approximate surface area is 138 Å². The second kappa shape index (κ2) is 6.79. The molecule has 5 heteroatoms. The molecule has 0 saturated carbocycles. The Bertz CT molecular complexity index is 789. The molecule has 2 aromatic carbocycles. The van der Waals surface area contributed by atoms with Crippen molar-refractivity contribution in [3.63, 3.8) is 0 Å². The molecule has 0 bridgehead atoms. The van der Waals surface area contributed by atoms with Crippen LogP contribution >= 0.6 is 11.3 Å². The Hall–Kier alpha value is -2.40. The predicted molar refractivity (Wildman–Crippen MR) is 92.5 cm³/mol. The van der Waals surface area contributed by atoms with Crippen molar-refractivity contribution in [2.24, 2.45) is 0 Å². The van der Waals surface area contributed by atoms with E-state index in [9.17, 15) is 4.39 Å². The predicted octanol–water partition coefficient (Wildman–Crippen LogP) is 5.13. The summed E-state index contributed by atoms with van der Waals surface area (Å²) in [4.78, 5) is 4.59. The molecule has 1 N–H and O–H groups in total. The average Bonchev–Trinajstić information content (AvgIpc) is 3.04. The van der Waals surface area contributed by atoms with Gasteiger partial charge in [0.1, 0.15) is 0 Å². The van der Waals surface area contributed by atoms with Crippen LogP contribution in [0.1, 0.15) is 18.5 Å². The largest absolute Gasteiger partial charge is 0.494 e. The molecule has 3 aromatic rings. The number of thiazole rings is 1. The van der Waals surface area contributed by atoms with Gasteiger partial charge in [-0.15, -0.1) is 11.3 Å². The summed E-state index contributed by atoms with van der Waals surface area (Å²) in [6.07, 6.45) is 0. The summed E-state index contributed by atoms with van der Waals surface area (Å²) < 4.78 is 18.8. The van der Waals surface area contributed by atoms with Crippen LogP contribution in [0, 0.1) is 5.82 Å². The topological polar surface area (TPSA) is 34.1 Å². The van der Waals surface area contributed by atoms with Crippen molar-refractivity contribution < 1.29 is 9.13 Å². The van der Waals surface area contributed by atoms with E-state index in [0.717, 1.165) is 22.0 Å². The van der Waals surface area contributed by atoms with Gasteiger partial charge in [0.25, 0.3) is 0 Å². The minimum Gasteiger partial charge on any atom is -0.494 e. The highest BCUT2D eigenvalue weighted by atomic mass is 32.1. The molecular weight excluding hydrogens is 311 g/mol. The molecule has 23 heavy (non-hydrogen) atoms. The SMILES string of the molecule is COc1ccc([C@H](C)Nc2nc(-c3ccccc3)cs2)cc1F. The molecule has 1 aromatic heterocycles. The Morgan fingerprint density at radius 3 is 2.65 bits per heavy atom. The number of halogens is 1. The average molecular weight is 328 g/mol. The van der Waals surface area contributed by atoms with Gasteiger partial charge in [-0.3, -0.25) is 0 Å². The molecular formula is C18H17FN2OS. The number of ether oxygens (including phenoxy) is 1. The van der Waals surface area contributed by atoms with Crippen LogP contribution in [0.3, 0.4) is 0 Å². The Balaban J connectivity index is 1.74. The molecule has 0 fully saturated rings. The Morgan fingerprint density at radius 2 is 1.96 bits per heavy atom. The van der Waals surface area contributed by atoms with E-state index in [4.69, 9.17) is 4.74 Å². The fourth-order valence-corrected chi connectivity index (χ4v) is 3.11. The maximum absolute atomic E-state index is 13.8. The number of methoxy groups -OCH3 is 1. The summed E-state index contributed by atoms with van der Waals surface area (Å²) in [6.45, 7) is 1.98. The zero-order valence-corrected chi connectivity index (χ0v) is 13.7. The smallest absolute Gasteiger partial charge is 0.183 e. The Kier molecular flexibility index (Phi) is 4.57. The zero-order valence-electron chi connectivity index (χ0n) is 12.9. The second-order valence-electron chi connectivity index (χ2n) is 5.16. The molecule has 0 amide bonds. The number of benzene rings is 2. The van der Waals surface area contributed by atoms with Gasteiger partial charge in [0.05, 0.1) is 18.8 Å². The van der Waals surface area contributed by atoms with Crippen molar-refractivity contribution in [3.8, 4) is 17.0 Å². The van der Waals surface area contributed by atoms with Gasteiger partial charge in [-0.05, 0) is 24.6 Å². The quantitative estimate of drug-likeness (QED) is 0.705. The molecule has 118 valence electrons. The highest BCUT2D eigenvalue weighted by molar-refractivity contribution is 7.14. The third-order valence-corrected chi connectivity index (χ3v) is 4.36. The maximum atomic E-state index is 13.8. The van der Waals surface area contributed by atoms with E-state index in [2.05, 4.69) is 10.3 Å². The van der Waals surface area contributed by atoms with Crippen molar-refractivity contribution in [3.05, 3.63) is 65.3 Å². The van der Waals surface area contributed by atoms with Crippen LogP contribution in [-0.4, -0.2) is 12.1 Å². The first-order chi connectivity index (χ1) is 11.2. The van der Waals surface area contributed by atoms with Gasteiger partial charge in [-0.25, -0.2) is 9.37 Å². The fourth-order valence-electron chi connectivity index (χ4n) is 2.30. The zero-order chi connectivity index (χ0) is 16.2. The highest BCUT2D eigenvalue weighted by Gasteiger charge is 2.12. The lowest BCUT2D eigenvalue weighted by Crippen LogP contribution is -2.07. The van der Waals surface area contributed by atoms with Crippen molar-refractivity contribution >= 4 is 16.5 Å². The van der Waals surface area contributed by atoms with E-state index in [1.807, 2.05) is 48.7 Å². The number of rotatable bonds is 5. The molecule has 0 aliphatic carbocycles. The molecule has 0 spiro atoms. The third-order valence-electron chi connectivity index (χ3n) is 3.59. The van der Waals surface area contributed by atoms with E-state index in [1.165, 1.54) is 24.5 Å². The first kappa shape index (κ1) is 15.5. The molecule has 0 aliphatic rings. The number of hydrogen-bond donors (Lipinski definition) is 1. The van der Waals surface area contributed by atoms with Crippen molar-refractivity contribution in [1.82, 2.24) is 4.98 Å². The van der Waals surface area contributed by atoms with E-state index in [-0.39, 0.29) is 17.6 Å². The van der Waals surface area contributed by atoms with Crippen LogP contribution < -0.4 is 10.1 Å². The molecule has 0 unspecified atom stereocenters. The standard InChI is InChI=1S/C18H17FN2OS/c1-12(14-8-9-17(22-2)15(19)10-14)20-18-21-16(11-23-18)13-6-4-3-5-7-13/h3-12H,1-2H3,(H,20,21)/t12-/m0/s1. The number of aromatic nitrogens is 1. The van der Waals surface area contributed by atoms with Gasteiger partial charge in [0, 0.05) is 10.9 Å². The van der Waals surface area contributed by atoms with E-state index < -0.39 is 0 Å². The van der Waals surface area contributed by atoms with Gasteiger partial charge in [0.2, 0.25) is 0 Å². The summed E-state index contributed by atoms with van der Waals surface area (Å²) >= 11 is 1.54. The lowest BCUT2D eigenvalue weighted by atomic mass is 10.1. The second-order valence-corrected chi connectivity index (χ2v) is 6.02. The van der Waals surface area contributed by atoms with Gasteiger partial charge >= 0.3 is 0 Å². The number of nitrogens with one attached hydrogen (secondary N) is 1. The van der Waals surface area contributed by atoms with Crippen LogP contribution in [0.5, 0.6) is 5.75 Å². The number of anilines is 1. The van der Waals surface area contributed by atoms with Gasteiger partial charge < -0.3 is 10.1 Å². The monoisotopic (exact) mass is 328 g/mol.